The van der Waals surface area contributed by atoms with Crippen LogP contribution in [0.3, 0.4) is 0 Å². The summed E-state index contributed by atoms with van der Waals surface area (Å²) in [7, 11) is 3.17. The van der Waals surface area contributed by atoms with Crippen LogP contribution in [0, 0.1) is 0 Å². The van der Waals surface area contributed by atoms with Gasteiger partial charge < -0.3 is 23.7 Å². The van der Waals surface area contributed by atoms with Crippen LogP contribution in [0.2, 0.25) is 5.02 Å². The standard InChI is InChI=1S/C32H36ClNO8/c1-7-16-34(31(37)42-32(2,3)4)30(36)29(35)25-17-27(40-19-21-8-12-23(38-5)13-9-21)28(18-26(25)33)41-20-22-10-14-24(39-6)15-11-22/h8-15,17-18H,7,16,19-20H2,1-6H3. The lowest BCUT2D eigenvalue weighted by molar-refractivity contribution is -0.125. The Bertz CT molecular complexity index is 1380. The highest BCUT2D eigenvalue weighted by Crippen LogP contribution is 2.35. The number of carbonyl (C=O) groups excluding carboxylic acids is 3. The minimum atomic E-state index is -1.05. The quantitative estimate of drug-likeness (QED) is 0.165. The van der Waals surface area contributed by atoms with E-state index in [-0.39, 0.29) is 41.8 Å². The molecule has 3 rings (SSSR count). The van der Waals surface area contributed by atoms with E-state index < -0.39 is 23.4 Å². The van der Waals surface area contributed by atoms with Crippen molar-refractivity contribution >= 4 is 29.4 Å². The van der Waals surface area contributed by atoms with E-state index in [0.717, 1.165) is 16.0 Å². The first-order chi connectivity index (χ1) is 19.9. The number of nitrogens with zero attached hydrogens (tertiary/aromatic N) is 1. The van der Waals surface area contributed by atoms with E-state index in [1.807, 2.05) is 36.4 Å². The molecule has 0 atom stereocenters. The summed E-state index contributed by atoms with van der Waals surface area (Å²) >= 11 is 6.51. The van der Waals surface area contributed by atoms with Gasteiger partial charge in [-0.15, -0.1) is 0 Å². The number of imide groups is 1. The van der Waals surface area contributed by atoms with Crippen molar-refractivity contribution in [3.8, 4) is 23.0 Å². The van der Waals surface area contributed by atoms with Crippen LogP contribution >= 0.6 is 11.6 Å². The van der Waals surface area contributed by atoms with Gasteiger partial charge in [-0.3, -0.25) is 9.59 Å². The maximum absolute atomic E-state index is 13.4. The van der Waals surface area contributed by atoms with Crippen molar-refractivity contribution in [2.24, 2.45) is 0 Å². The van der Waals surface area contributed by atoms with Gasteiger partial charge in [-0.25, -0.2) is 9.69 Å². The summed E-state index contributed by atoms with van der Waals surface area (Å²) in [6, 6.07) is 17.4. The van der Waals surface area contributed by atoms with Crippen LogP contribution in [0.1, 0.15) is 55.6 Å². The van der Waals surface area contributed by atoms with Gasteiger partial charge in [-0.05, 0) is 68.7 Å². The zero-order chi connectivity index (χ0) is 30.9. The summed E-state index contributed by atoms with van der Waals surface area (Å²) in [5.74, 6) is -0.162. The van der Waals surface area contributed by atoms with Crippen LogP contribution in [0.25, 0.3) is 0 Å². The molecule has 0 heterocycles. The van der Waals surface area contributed by atoms with Gasteiger partial charge in [-0.2, -0.15) is 0 Å². The molecule has 0 saturated heterocycles. The van der Waals surface area contributed by atoms with Gasteiger partial charge in [-0.1, -0.05) is 42.8 Å². The molecule has 0 aliphatic carbocycles. The molecule has 0 unspecified atom stereocenters. The Morgan fingerprint density at radius 3 is 1.69 bits per heavy atom. The molecule has 9 nitrogen and oxygen atoms in total. The van der Waals surface area contributed by atoms with Gasteiger partial charge in [0.05, 0.1) is 24.8 Å². The summed E-state index contributed by atoms with van der Waals surface area (Å²) in [6.07, 6.45) is -0.477. The number of methoxy groups -OCH3 is 2. The maximum atomic E-state index is 13.4. The molecular formula is C32H36ClNO8. The fourth-order valence-electron chi connectivity index (χ4n) is 3.75. The Hall–Kier alpha value is -4.24. The molecule has 3 aromatic carbocycles. The van der Waals surface area contributed by atoms with E-state index in [2.05, 4.69) is 0 Å². The van der Waals surface area contributed by atoms with Crippen molar-refractivity contribution in [3.05, 3.63) is 82.4 Å². The van der Waals surface area contributed by atoms with Crippen molar-refractivity contribution in [1.29, 1.82) is 0 Å². The highest BCUT2D eigenvalue weighted by molar-refractivity contribution is 6.48. The lowest BCUT2D eigenvalue weighted by Gasteiger charge is -2.25. The number of halogens is 1. The van der Waals surface area contributed by atoms with Gasteiger partial charge in [0.2, 0.25) is 0 Å². The number of Topliss-reactive ketones (excluding diaryl/α,β-unsaturated/α-hetero) is 1. The molecule has 0 N–H and O–H groups in total. The van der Waals surface area contributed by atoms with Crippen LogP contribution in [-0.2, 0) is 22.7 Å². The Labute approximate surface area is 251 Å². The predicted molar refractivity (Wildman–Crippen MR) is 159 cm³/mol. The van der Waals surface area contributed by atoms with Gasteiger partial charge in [0, 0.05) is 12.6 Å². The summed E-state index contributed by atoms with van der Waals surface area (Å²) in [5.41, 5.74) is 0.702. The summed E-state index contributed by atoms with van der Waals surface area (Å²) < 4.78 is 27.8. The zero-order valence-electron chi connectivity index (χ0n) is 24.7. The number of ketones is 1. The van der Waals surface area contributed by atoms with Crippen LogP contribution in [-0.4, -0.2) is 49.0 Å². The van der Waals surface area contributed by atoms with Gasteiger partial charge in [0.15, 0.2) is 11.5 Å². The predicted octanol–water partition coefficient (Wildman–Crippen LogP) is 6.87. The average Bonchev–Trinajstić information content (AvgIpc) is 2.97. The lowest BCUT2D eigenvalue weighted by atomic mass is 10.1. The van der Waals surface area contributed by atoms with Crippen molar-refractivity contribution in [2.75, 3.05) is 20.8 Å². The normalized spacial score (nSPS) is 10.9. The fraction of sp³-hybridized carbons (Fsp3) is 0.344. The van der Waals surface area contributed by atoms with Gasteiger partial charge >= 0.3 is 12.0 Å². The third kappa shape index (κ3) is 8.88. The number of hydrogen-bond acceptors (Lipinski definition) is 8. The number of benzene rings is 3. The van der Waals surface area contributed by atoms with E-state index >= 15 is 0 Å². The number of ether oxygens (including phenoxy) is 5. The Morgan fingerprint density at radius 1 is 0.786 bits per heavy atom. The topological polar surface area (TPSA) is 101 Å². The highest BCUT2D eigenvalue weighted by Gasteiger charge is 2.33. The molecule has 0 bridgehead atoms. The minimum Gasteiger partial charge on any atom is -0.497 e. The monoisotopic (exact) mass is 597 g/mol. The number of hydrogen-bond donors (Lipinski definition) is 0. The highest BCUT2D eigenvalue weighted by atomic mass is 35.5. The second-order valence-corrected chi connectivity index (χ2v) is 10.7. The number of rotatable bonds is 12. The summed E-state index contributed by atoms with van der Waals surface area (Å²) in [4.78, 5) is 40.2. The Morgan fingerprint density at radius 2 is 1.26 bits per heavy atom. The molecule has 0 fully saturated rings. The fourth-order valence-corrected chi connectivity index (χ4v) is 3.99. The second-order valence-electron chi connectivity index (χ2n) is 10.3. The van der Waals surface area contributed by atoms with Crippen LogP contribution < -0.4 is 18.9 Å². The van der Waals surface area contributed by atoms with Crippen molar-refractivity contribution in [2.45, 2.75) is 52.9 Å². The van der Waals surface area contributed by atoms with E-state index in [1.54, 1.807) is 54.0 Å². The first-order valence-corrected chi connectivity index (χ1v) is 13.8. The van der Waals surface area contributed by atoms with E-state index in [1.165, 1.54) is 12.1 Å². The molecule has 0 saturated carbocycles. The molecule has 42 heavy (non-hydrogen) atoms. The van der Waals surface area contributed by atoms with E-state index in [4.69, 9.17) is 35.3 Å². The molecule has 0 aliphatic rings. The number of amides is 2. The molecule has 0 aliphatic heterocycles. The molecule has 0 spiro atoms. The first-order valence-electron chi connectivity index (χ1n) is 13.4. The van der Waals surface area contributed by atoms with E-state index in [9.17, 15) is 14.4 Å². The summed E-state index contributed by atoms with van der Waals surface area (Å²) in [6.45, 7) is 7.11. The Balaban J connectivity index is 1.92. The largest absolute Gasteiger partial charge is 0.497 e. The SMILES string of the molecule is CCCN(C(=O)OC(C)(C)C)C(=O)C(=O)c1cc(OCc2ccc(OC)cc2)c(OCc2ccc(OC)cc2)cc1Cl. The smallest absolute Gasteiger partial charge is 0.417 e. The molecule has 0 radical (unpaired) electrons. The molecular weight excluding hydrogens is 562 g/mol. The zero-order valence-corrected chi connectivity index (χ0v) is 25.4. The molecule has 224 valence electrons. The van der Waals surface area contributed by atoms with Gasteiger partial charge in [0.25, 0.3) is 5.78 Å². The minimum absolute atomic E-state index is 0.000981. The van der Waals surface area contributed by atoms with Crippen molar-refractivity contribution < 1.29 is 38.1 Å². The van der Waals surface area contributed by atoms with E-state index in [0.29, 0.717) is 17.9 Å². The van der Waals surface area contributed by atoms with Crippen LogP contribution in [0.15, 0.2) is 60.7 Å². The van der Waals surface area contributed by atoms with Crippen molar-refractivity contribution in [1.82, 2.24) is 4.90 Å². The Kier molecular flexibility index (Phi) is 11.2. The first kappa shape index (κ1) is 32.3. The lowest BCUT2D eigenvalue weighted by Crippen LogP contribution is -2.44. The molecule has 0 aromatic heterocycles. The van der Waals surface area contributed by atoms with Crippen LogP contribution in [0.4, 0.5) is 4.79 Å². The molecule has 3 aromatic rings. The third-order valence-corrected chi connectivity index (χ3v) is 6.20. The third-order valence-electron chi connectivity index (χ3n) is 5.89. The van der Waals surface area contributed by atoms with Crippen molar-refractivity contribution in [3.63, 3.8) is 0 Å². The average molecular weight is 598 g/mol. The molecule has 10 heteroatoms. The second kappa shape index (κ2) is 14.6. The van der Waals surface area contributed by atoms with Crippen LogP contribution in [0.5, 0.6) is 23.0 Å². The summed E-state index contributed by atoms with van der Waals surface area (Å²) in [5, 5.41) is -0.0319. The number of carbonyl (C=O) groups is 3. The molecule has 2 amide bonds. The maximum Gasteiger partial charge on any atom is 0.417 e. The van der Waals surface area contributed by atoms with Gasteiger partial charge in [0.1, 0.15) is 30.3 Å².